The van der Waals surface area contributed by atoms with Crippen molar-refractivity contribution in [2.24, 2.45) is 0 Å². The number of fused-ring (bicyclic) bond motifs is 1. The molecule has 0 spiro atoms. The zero-order valence-electron chi connectivity index (χ0n) is 12.0. The molecule has 0 bridgehead atoms. The van der Waals surface area contributed by atoms with Crippen molar-refractivity contribution >= 4 is 27.1 Å². The molecule has 120 valence electrons. The van der Waals surface area contributed by atoms with Gasteiger partial charge in [-0.3, -0.25) is 9.78 Å². The highest BCUT2D eigenvalue weighted by Gasteiger charge is 2.16. The summed E-state index contributed by atoms with van der Waals surface area (Å²) < 4.78 is 32.1. The molecule has 0 aliphatic rings. The zero-order valence-corrected chi connectivity index (χ0v) is 12.8. The van der Waals surface area contributed by atoms with Crippen molar-refractivity contribution in [1.29, 1.82) is 0 Å². The highest BCUT2D eigenvalue weighted by molar-refractivity contribution is 7.92. The van der Waals surface area contributed by atoms with Gasteiger partial charge in [0.05, 0.1) is 17.8 Å². The van der Waals surface area contributed by atoms with E-state index in [4.69, 9.17) is 4.74 Å². The average Bonchev–Trinajstić information content (AvgIpc) is 2.96. The summed E-state index contributed by atoms with van der Waals surface area (Å²) in [7, 11) is -3.89. The molecule has 0 amide bonds. The van der Waals surface area contributed by atoms with Gasteiger partial charge < -0.3 is 9.72 Å². The van der Waals surface area contributed by atoms with E-state index in [9.17, 15) is 13.2 Å². The SMILES string of the molecule is CCOc1ccc(S(=O)(=O)Nc2nc3nc[nH]c3c(=O)[nH]2)cc1. The summed E-state index contributed by atoms with van der Waals surface area (Å²) in [6, 6.07) is 5.90. The van der Waals surface area contributed by atoms with E-state index in [2.05, 4.69) is 24.7 Å². The van der Waals surface area contributed by atoms with E-state index in [0.717, 1.165) is 0 Å². The van der Waals surface area contributed by atoms with Crippen LogP contribution in [0.4, 0.5) is 5.95 Å². The molecular formula is C13H13N5O4S. The molecule has 2 heterocycles. The van der Waals surface area contributed by atoms with Crippen molar-refractivity contribution in [2.75, 3.05) is 11.3 Å². The van der Waals surface area contributed by atoms with Crippen LogP contribution in [0, 0.1) is 0 Å². The standard InChI is InChI=1S/C13H13N5O4S/c1-2-22-8-3-5-9(6-4-8)23(20,21)18-13-16-11-10(12(19)17-13)14-7-15-11/h3-7H,2H2,1H3,(H3,14,15,16,17,18,19). The van der Waals surface area contributed by atoms with Crippen molar-refractivity contribution in [3.05, 3.63) is 40.9 Å². The third-order valence-electron chi connectivity index (χ3n) is 2.97. The lowest BCUT2D eigenvalue weighted by atomic mass is 10.3. The van der Waals surface area contributed by atoms with Crippen molar-refractivity contribution < 1.29 is 13.2 Å². The number of hydrogen-bond acceptors (Lipinski definition) is 6. The van der Waals surface area contributed by atoms with Crippen LogP contribution >= 0.6 is 0 Å². The molecule has 0 radical (unpaired) electrons. The first-order chi connectivity index (χ1) is 11.0. The smallest absolute Gasteiger partial charge is 0.278 e. The number of H-pyrrole nitrogens is 2. The fraction of sp³-hybridized carbons (Fsp3) is 0.154. The molecule has 10 heteroatoms. The monoisotopic (exact) mass is 335 g/mol. The molecule has 0 saturated carbocycles. The van der Waals surface area contributed by atoms with Gasteiger partial charge in [-0.15, -0.1) is 0 Å². The Morgan fingerprint density at radius 3 is 2.70 bits per heavy atom. The highest BCUT2D eigenvalue weighted by atomic mass is 32.2. The second kappa shape index (κ2) is 5.72. The van der Waals surface area contributed by atoms with Gasteiger partial charge in [-0.05, 0) is 31.2 Å². The van der Waals surface area contributed by atoms with Crippen molar-refractivity contribution in [2.45, 2.75) is 11.8 Å². The Morgan fingerprint density at radius 1 is 1.26 bits per heavy atom. The Labute approximate surface area is 130 Å². The van der Waals surface area contributed by atoms with Crippen LogP contribution < -0.4 is 15.0 Å². The highest BCUT2D eigenvalue weighted by Crippen LogP contribution is 2.18. The summed E-state index contributed by atoms with van der Waals surface area (Å²) in [6.07, 6.45) is 1.30. The van der Waals surface area contributed by atoms with Crippen LogP contribution in [0.15, 0.2) is 40.3 Å². The maximum absolute atomic E-state index is 12.3. The largest absolute Gasteiger partial charge is 0.494 e. The van der Waals surface area contributed by atoms with Gasteiger partial charge in [-0.2, -0.15) is 4.98 Å². The van der Waals surface area contributed by atoms with Crippen LogP contribution in [-0.4, -0.2) is 35.0 Å². The quantitative estimate of drug-likeness (QED) is 0.633. The van der Waals surface area contributed by atoms with E-state index in [-0.39, 0.29) is 22.0 Å². The lowest BCUT2D eigenvalue weighted by molar-refractivity contribution is 0.340. The maximum Gasteiger partial charge on any atom is 0.278 e. The number of nitrogens with zero attached hydrogens (tertiary/aromatic N) is 2. The maximum atomic E-state index is 12.3. The van der Waals surface area contributed by atoms with Gasteiger partial charge in [0.25, 0.3) is 15.6 Å². The molecule has 0 aliphatic carbocycles. The van der Waals surface area contributed by atoms with Crippen molar-refractivity contribution in [1.82, 2.24) is 19.9 Å². The molecule has 9 nitrogen and oxygen atoms in total. The van der Waals surface area contributed by atoms with Crippen molar-refractivity contribution in [3.63, 3.8) is 0 Å². The number of rotatable bonds is 5. The minimum atomic E-state index is -3.89. The lowest BCUT2D eigenvalue weighted by Crippen LogP contribution is -2.19. The van der Waals surface area contributed by atoms with Gasteiger partial charge >= 0.3 is 0 Å². The molecule has 3 rings (SSSR count). The van der Waals surface area contributed by atoms with E-state index in [1.807, 2.05) is 6.92 Å². The molecule has 0 saturated heterocycles. The van der Waals surface area contributed by atoms with Crippen LogP contribution in [-0.2, 0) is 10.0 Å². The Kier molecular flexibility index (Phi) is 3.74. The number of aromatic nitrogens is 4. The van der Waals surface area contributed by atoms with E-state index in [0.29, 0.717) is 12.4 Å². The van der Waals surface area contributed by atoms with Gasteiger partial charge in [-0.1, -0.05) is 0 Å². The Morgan fingerprint density at radius 2 is 2.00 bits per heavy atom. The van der Waals surface area contributed by atoms with E-state index < -0.39 is 15.6 Å². The fourth-order valence-electron chi connectivity index (χ4n) is 1.96. The zero-order chi connectivity index (χ0) is 16.4. The number of imidazole rings is 1. The third kappa shape index (κ3) is 3.01. The lowest BCUT2D eigenvalue weighted by Gasteiger charge is -2.08. The van der Waals surface area contributed by atoms with Crippen LogP contribution in [0.1, 0.15) is 6.92 Å². The van der Waals surface area contributed by atoms with E-state index in [1.54, 1.807) is 12.1 Å². The Bertz CT molecular complexity index is 991. The molecule has 23 heavy (non-hydrogen) atoms. The first-order valence-corrected chi connectivity index (χ1v) is 8.17. The topological polar surface area (TPSA) is 130 Å². The first-order valence-electron chi connectivity index (χ1n) is 6.68. The number of hydrogen-bond donors (Lipinski definition) is 3. The summed E-state index contributed by atoms with van der Waals surface area (Å²) in [4.78, 5) is 24.5. The van der Waals surface area contributed by atoms with Gasteiger partial charge in [0, 0.05) is 0 Å². The van der Waals surface area contributed by atoms with Crippen LogP contribution in [0.3, 0.4) is 0 Å². The molecule has 3 aromatic rings. The van der Waals surface area contributed by atoms with E-state index >= 15 is 0 Å². The van der Waals surface area contributed by atoms with Crippen LogP contribution in [0.2, 0.25) is 0 Å². The summed E-state index contributed by atoms with van der Waals surface area (Å²) in [6.45, 7) is 2.32. The average molecular weight is 335 g/mol. The predicted molar refractivity (Wildman–Crippen MR) is 82.9 cm³/mol. The molecule has 0 aliphatic heterocycles. The second-order valence-electron chi connectivity index (χ2n) is 4.53. The predicted octanol–water partition coefficient (Wildman–Crippen LogP) is 0.846. The van der Waals surface area contributed by atoms with Gasteiger partial charge in [-0.25, -0.2) is 18.1 Å². The minimum Gasteiger partial charge on any atom is -0.494 e. The molecule has 0 atom stereocenters. The van der Waals surface area contributed by atoms with E-state index in [1.165, 1.54) is 18.5 Å². The molecule has 2 aromatic heterocycles. The number of benzene rings is 1. The van der Waals surface area contributed by atoms with Gasteiger partial charge in [0.2, 0.25) is 5.95 Å². The molecule has 1 aromatic carbocycles. The summed E-state index contributed by atoms with van der Waals surface area (Å²) in [5, 5.41) is 0. The number of ether oxygens (including phenoxy) is 1. The normalized spacial score (nSPS) is 11.5. The number of anilines is 1. The van der Waals surface area contributed by atoms with Gasteiger partial charge in [0.15, 0.2) is 11.2 Å². The number of aromatic amines is 2. The minimum absolute atomic E-state index is 0.0192. The third-order valence-corrected chi connectivity index (χ3v) is 4.33. The summed E-state index contributed by atoms with van der Waals surface area (Å²) in [5.41, 5.74) is -0.218. The second-order valence-corrected chi connectivity index (χ2v) is 6.21. The fourth-order valence-corrected chi connectivity index (χ4v) is 2.92. The van der Waals surface area contributed by atoms with Gasteiger partial charge in [0.1, 0.15) is 5.75 Å². The first kappa shape index (κ1) is 15.0. The number of sulfonamides is 1. The summed E-state index contributed by atoms with van der Waals surface area (Å²) in [5.74, 6) is 0.361. The summed E-state index contributed by atoms with van der Waals surface area (Å²) >= 11 is 0. The Balaban J connectivity index is 1.91. The van der Waals surface area contributed by atoms with Crippen molar-refractivity contribution in [3.8, 4) is 5.75 Å². The molecular weight excluding hydrogens is 322 g/mol. The van der Waals surface area contributed by atoms with Crippen LogP contribution in [0.5, 0.6) is 5.75 Å². The van der Waals surface area contributed by atoms with Crippen LogP contribution in [0.25, 0.3) is 11.2 Å². The molecule has 0 unspecified atom stereocenters. The molecule has 3 N–H and O–H groups in total. The molecule has 0 fully saturated rings. The number of nitrogens with one attached hydrogen (secondary N) is 3. The Hall–Kier alpha value is -2.88.